The van der Waals surface area contributed by atoms with E-state index in [4.69, 9.17) is 60.0 Å². The molecule has 4 aromatic carbocycles. The van der Waals surface area contributed by atoms with Gasteiger partial charge in [0.05, 0.1) is 80.0 Å². The van der Waals surface area contributed by atoms with Crippen LogP contribution in [-0.4, -0.2) is 218 Å². The maximum absolute atomic E-state index is 6.33. The lowest BCUT2D eigenvalue weighted by Crippen LogP contribution is -2.44. The van der Waals surface area contributed by atoms with Gasteiger partial charge in [-0.25, -0.2) is 39.9 Å². The number of halogens is 5. The molecule has 115 heavy (non-hydrogen) atoms. The van der Waals surface area contributed by atoms with Crippen molar-refractivity contribution in [3.63, 3.8) is 0 Å². The molecule has 6 saturated heterocycles. The molecular formula is C86H110Cl5N21O3. The summed E-state index contributed by atoms with van der Waals surface area (Å²) in [6.07, 6.45) is 21.4. The van der Waals surface area contributed by atoms with Crippen LogP contribution >= 0.6 is 58.8 Å². The van der Waals surface area contributed by atoms with Crippen LogP contribution in [0.5, 0.6) is 0 Å². The highest BCUT2D eigenvalue weighted by atomic mass is 35.5. The Hall–Kier alpha value is -8.63. The van der Waals surface area contributed by atoms with Crippen LogP contribution in [0.2, 0.25) is 20.1 Å². The molecular weight excluding hydrogens is 1550 g/mol. The highest BCUT2D eigenvalue weighted by molar-refractivity contribution is 6.32. The Morgan fingerprint density at radius 1 is 0.391 bits per heavy atom. The zero-order valence-electron chi connectivity index (χ0n) is 66.8. The van der Waals surface area contributed by atoms with E-state index in [2.05, 4.69) is 231 Å². The number of nitrogens with one attached hydrogen (secondary N) is 5. The Kier molecular flexibility index (Phi) is 32.5. The second kappa shape index (κ2) is 43.5. The van der Waals surface area contributed by atoms with E-state index in [1.54, 1.807) is 31.1 Å². The van der Waals surface area contributed by atoms with Crippen molar-refractivity contribution in [1.82, 2.24) is 64.8 Å². The molecule has 2 unspecified atom stereocenters. The van der Waals surface area contributed by atoms with Gasteiger partial charge in [-0.2, -0.15) is 0 Å². The molecule has 6 fully saturated rings. The van der Waals surface area contributed by atoms with Crippen molar-refractivity contribution in [2.24, 2.45) is 0 Å². The third-order valence-electron chi connectivity index (χ3n) is 21.7. The summed E-state index contributed by atoms with van der Waals surface area (Å²) in [6.45, 7) is 21.3. The number of benzene rings is 4. The largest absolute Gasteiger partial charge is 0.469 e. The summed E-state index contributed by atoms with van der Waals surface area (Å²) in [7, 11) is 8.68. The fourth-order valence-corrected chi connectivity index (χ4v) is 15.3. The summed E-state index contributed by atoms with van der Waals surface area (Å²) >= 11 is 25.2. The molecule has 6 aromatic heterocycles. The molecule has 12 heterocycles. The molecule has 5 N–H and O–H groups in total. The van der Waals surface area contributed by atoms with Crippen molar-refractivity contribution < 1.29 is 13.6 Å². The van der Waals surface area contributed by atoms with Gasteiger partial charge in [-0.15, -0.1) is 12.4 Å². The molecule has 0 bridgehead atoms. The predicted octanol–water partition coefficient (Wildman–Crippen LogP) is 16.2. The number of hydrogen-bond donors (Lipinski definition) is 5. The number of likely N-dealkylation sites (N-methyl/N-ethyl adjacent to an activating group) is 4. The topological polar surface area (TPSA) is 225 Å². The number of piperazine rings is 4. The predicted molar refractivity (Wildman–Crippen MR) is 471 cm³/mol. The number of ether oxygens (including phenoxy) is 1. The standard InChI is InChI=1S/C22H26ClN5O.C22H30ClN5O.C21H29ClN6.C21H24ClN5O.ClH/c1-16-3-8-19(29-16)9-10-21-20(23)15-24-22(26-21)25-17-4-6-18(7-5-17)28-13-11-27(2)12-14-28;1-27-11-13-28(14-12-27)18-7-5-17(6-8-18)25-22-24-16-20(23)21(26-22)10-9-19-4-2-3-15-29-19;1-27-11-13-28(14-12-27)18-7-4-17(5-8-18)25-21-24-15-19(22)20(26-21)9-6-16-3-2-10-23-16;1-26-10-12-27(13-11-26)17-6-4-16(5-7-17)24-21-23-15-19(22)20(25-21)9-8-18-3-2-14-28-18;/h3-8,15H,9-14H2,1-2H3,(H,24,25,26);5-8,16,19H,2-4,9-15H2,1H3,(H,24,25,26);4-5,7-8,15-16,23H,2-3,6,9-14H2,1H3,(H,24,25,26);2-7,14-15H,8-13H2,1H3,(H,23,24,25);1H. The molecule has 0 radical (unpaired) electrons. The molecule has 0 aliphatic carbocycles. The van der Waals surface area contributed by atoms with E-state index in [1.165, 1.54) is 48.4 Å². The summed E-state index contributed by atoms with van der Waals surface area (Å²) in [5.41, 5.74) is 12.3. The van der Waals surface area contributed by atoms with Gasteiger partial charge in [0.2, 0.25) is 23.8 Å². The number of furan rings is 2. The van der Waals surface area contributed by atoms with Crippen LogP contribution in [0.4, 0.5) is 69.3 Å². The van der Waals surface area contributed by atoms with E-state index in [9.17, 15) is 0 Å². The average Bonchev–Trinajstić information content (AvgIpc) is 1.38. The van der Waals surface area contributed by atoms with Gasteiger partial charge in [-0.1, -0.05) is 46.4 Å². The summed E-state index contributed by atoms with van der Waals surface area (Å²) in [4.78, 5) is 54.9. The lowest BCUT2D eigenvalue weighted by atomic mass is 10.0. The molecule has 24 nitrogen and oxygen atoms in total. The molecule has 612 valence electrons. The normalized spacial score (nSPS) is 17.6. The van der Waals surface area contributed by atoms with Crippen LogP contribution in [0.15, 0.2) is 161 Å². The van der Waals surface area contributed by atoms with Crippen LogP contribution in [0.3, 0.4) is 0 Å². The van der Waals surface area contributed by atoms with Crippen molar-refractivity contribution in [3.05, 3.63) is 213 Å². The number of aromatic nitrogens is 8. The van der Waals surface area contributed by atoms with Gasteiger partial charge in [0.25, 0.3) is 0 Å². The Labute approximate surface area is 703 Å². The van der Waals surface area contributed by atoms with Gasteiger partial charge in [-0.05, 0) is 234 Å². The van der Waals surface area contributed by atoms with Gasteiger partial charge in [0, 0.05) is 176 Å². The third kappa shape index (κ3) is 26.4. The SMILES string of the molecule is CN1CCN(c2ccc(Nc3ncc(Cl)c(CCC4CCCCO4)n3)cc2)CC1.CN1CCN(c2ccc(Nc3ncc(Cl)c(CCC4CCCN4)n3)cc2)CC1.CN1CCN(c2ccc(Nc3ncc(Cl)c(CCc4ccco4)n3)cc2)CC1.Cc1ccc(CCc2nc(Nc3ccc(N4CCN(C)CC4)cc3)ncc2Cl)o1.Cl. The van der Waals surface area contributed by atoms with Gasteiger partial charge in [-0.3, -0.25) is 0 Å². The Morgan fingerprint density at radius 3 is 1.06 bits per heavy atom. The lowest BCUT2D eigenvalue weighted by Gasteiger charge is -2.34. The summed E-state index contributed by atoms with van der Waals surface area (Å²) in [5, 5.41) is 19.1. The quantitative estimate of drug-likeness (QED) is 0.0379. The highest BCUT2D eigenvalue weighted by Crippen LogP contribution is 2.30. The molecule has 16 rings (SSSR count). The van der Waals surface area contributed by atoms with E-state index in [1.807, 2.05) is 31.2 Å². The van der Waals surface area contributed by atoms with Gasteiger partial charge in [0.15, 0.2) is 0 Å². The molecule has 10 aromatic rings. The first-order valence-corrected chi connectivity index (χ1v) is 41.8. The monoisotopic (exact) mass is 1660 g/mol. The Morgan fingerprint density at radius 2 is 0.748 bits per heavy atom. The van der Waals surface area contributed by atoms with Crippen molar-refractivity contribution in [1.29, 1.82) is 0 Å². The minimum Gasteiger partial charge on any atom is -0.469 e. The number of aryl methyl sites for hydroxylation is 7. The second-order valence-corrected chi connectivity index (χ2v) is 31.9. The first-order chi connectivity index (χ1) is 55.6. The molecule has 0 amide bonds. The van der Waals surface area contributed by atoms with E-state index in [0.717, 1.165) is 226 Å². The van der Waals surface area contributed by atoms with Crippen molar-refractivity contribution in [3.8, 4) is 0 Å². The molecule has 0 spiro atoms. The van der Waals surface area contributed by atoms with Crippen molar-refractivity contribution in [2.75, 3.05) is 187 Å². The molecule has 29 heteroatoms. The molecule has 6 aliphatic rings. The fraction of sp³-hybridized carbons (Fsp3) is 0.442. The van der Waals surface area contributed by atoms with Crippen LogP contribution in [-0.2, 0) is 43.3 Å². The number of rotatable bonds is 24. The Balaban J connectivity index is 0.000000141. The maximum atomic E-state index is 6.33. The number of anilines is 12. The molecule has 0 saturated carbocycles. The van der Waals surface area contributed by atoms with Crippen molar-refractivity contribution in [2.45, 2.75) is 103 Å². The summed E-state index contributed by atoms with van der Waals surface area (Å²) in [5.74, 6) is 5.05. The van der Waals surface area contributed by atoms with Crippen LogP contribution < -0.4 is 46.2 Å². The van der Waals surface area contributed by atoms with Gasteiger partial charge < -0.3 is 79.4 Å². The number of hydrogen-bond acceptors (Lipinski definition) is 24. The summed E-state index contributed by atoms with van der Waals surface area (Å²) in [6, 6.07) is 42.2. The highest BCUT2D eigenvalue weighted by Gasteiger charge is 2.22. The van der Waals surface area contributed by atoms with Crippen LogP contribution in [0.25, 0.3) is 0 Å². The molecule has 6 aliphatic heterocycles. The van der Waals surface area contributed by atoms with E-state index in [0.29, 0.717) is 68.9 Å². The van der Waals surface area contributed by atoms with Gasteiger partial charge in [0.1, 0.15) is 17.3 Å². The van der Waals surface area contributed by atoms with Crippen molar-refractivity contribution >= 4 is 128 Å². The molecule has 2 atom stereocenters. The number of nitrogens with zero attached hydrogens (tertiary/aromatic N) is 16. The minimum absolute atomic E-state index is 0. The Bertz CT molecular complexity index is 4550. The summed E-state index contributed by atoms with van der Waals surface area (Å²) < 4.78 is 16.8. The maximum Gasteiger partial charge on any atom is 0.227 e. The minimum atomic E-state index is 0. The van der Waals surface area contributed by atoms with Crippen LogP contribution in [0, 0.1) is 6.92 Å². The fourth-order valence-electron chi connectivity index (χ4n) is 14.6. The third-order valence-corrected chi connectivity index (χ3v) is 23.0. The first kappa shape index (κ1) is 85.7. The van der Waals surface area contributed by atoms with Crippen LogP contribution in [0.1, 0.15) is 85.0 Å². The average molecular weight is 1660 g/mol. The van der Waals surface area contributed by atoms with E-state index >= 15 is 0 Å². The van der Waals surface area contributed by atoms with E-state index in [-0.39, 0.29) is 12.4 Å². The zero-order chi connectivity index (χ0) is 79.0. The van der Waals surface area contributed by atoms with Gasteiger partial charge >= 0.3 is 0 Å². The lowest BCUT2D eigenvalue weighted by molar-refractivity contribution is 0.0113. The second-order valence-electron chi connectivity index (χ2n) is 30.3. The first-order valence-electron chi connectivity index (χ1n) is 40.3. The van der Waals surface area contributed by atoms with E-state index < -0.39 is 0 Å². The zero-order valence-corrected chi connectivity index (χ0v) is 70.6. The smallest absolute Gasteiger partial charge is 0.227 e.